The summed E-state index contributed by atoms with van der Waals surface area (Å²) in [5, 5.41) is 0.607. The van der Waals surface area contributed by atoms with Crippen molar-refractivity contribution >= 4 is 23.5 Å². The zero-order valence-electron chi connectivity index (χ0n) is 18.1. The molecule has 0 aromatic heterocycles. The summed E-state index contributed by atoms with van der Waals surface area (Å²) in [7, 11) is 0. The molecule has 2 rings (SSSR count). The van der Waals surface area contributed by atoms with Gasteiger partial charge in [-0.1, -0.05) is 55.1 Å². The lowest BCUT2D eigenvalue weighted by Crippen LogP contribution is -2.06. The first kappa shape index (κ1) is 24.7. The van der Waals surface area contributed by atoms with E-state index in [2.05, 4.69) is 12.2 Å². The highest BCUT2D eigenvalue weighted by Gasteiger charge is 2.06. The van der Waals surface area contributed by atoms with Gasteiger partial charge in [-0.25, -0.2) is 9.59 Å². The van der Waals surface area contributed by atoms with E-state index in [1.54, 1.807) is 31.2 Å². The topological polar surface area (TPSA) is 52.6 Å². The molecule has 0 aliphatic rings. The molecule has 0 aliphatic heterocycles. The Bertz CT molecular complexity index is 825. The van der Waals surface area contributed by atoms with Crippen molar-refractivity contribution < 1.29 is 19.1 Å². The Morgan fingerprint density at radius 1 is 0.774 bits per heavy atom. The van der Waals surface area contributed by atoms with E-state index in [1.807, 2.05) is 24.3 Å². The van der Waals surface area contributed by atoms with E-state index in [0.29, 0.717) is 29.4 Å². The van der Waals surface area contributed by atoms with Crippen LogP contribution in [0.2, 0.25) is 5.02 Å². The highest BCUT2D eigenvalue weighted by Crippen LogP contribution is 2.12. The van der Waals surface area contributed by atoms with Crippen molar-refractivity contribution in [1.82, 2.24) is 0 Å². The summed E-state index contributed by atoms with van der Waals surface area (Å²) < 4.78 is 10.3. The van der Waals surface area contributed by atoms with Gasteiger partial charge in [0.1, 0.15) is 0 Å². The molecule has 0 saturated heterocycles. The molecule has 0 N–H and O–H groups in total. The summed E-state index contributed by atoms with van der Waals surface area (Å²) in [6.45, 7) is 2.65. The predicted octanol–water partition coefficient (Wildman–Crippen LogP) is 6.81. The van der Waals surface area contributed by atoms with E-state index in [0.717, 1.165) is 38.5 Å². The van der Waals surface area contributed by atoms with Gasteiger partial charge in [-0.15, -0.1) is 0 Å². The molecule has 5 heteroatoms. The predicted molar refractivity (Wildman–Crippen MR) is 125 cm³/mol. The summed E-state index contributed by atoms with van der Waals surface area (Å²) in [6, 6.07) is 14.3. The molecular formula is C26H31ClO4. The van der Waals surface area contributed by atoms with Crippen molar-refractivity contribution in [1.29, 1.82) is 0 Å². The first-order valence-corrected chi connectivity index (χ1v) is 11.3. The second kappa shape index (κ2) is 14.4. The SMILES string of the molecule is CCOC(=O)c1ccc(C/C=C/CCCCCCCOC(=O)c2ccc(Cl)cc2)cc1. The number of halogens is 1. The van der Waals surface area contributed by atoms with E-state index in [4.69, 9.17) is 21.1 Å². The van der Waals surface area contributed by atoms with Crippen LogP contribution in [0.5, 0.6) is 0 Å². The normalized spacial score (nSPS) is 10.9. The van der Waals surface area contributed by atoms with Crippen molar-refractivity contribution in [2.45, 2.75) is 51.9 Å². The highest BCUT2D eigenvalue weighted by atomic mass is 35.5. The molecule has 0 heterocycles. The van der Waals surface area contributed by atoms with Crippen molar-refractivity contribution in [2.75, 3.05) is 13.2 Å². The monoisotopic (exact) mass is 442 g/mol. The number of esters is 2. The van der Waals surface area contributed by atoms with Gasteiger partial charge in [-0.05, 0) is 74.6 Å². The summed E-state index contributed by atoms with van der Waals surface area (Å²) in [6.07, 6.45) is 11.7. The fourth-order valence-corrected chi connectivity index (χ4v) is 3.18. The molecular weight excluding hydrogens is 412 g/mol. The Labute approximate surface area is 190 Å². The molecule has 4 nitrogen and oxygen atoms in total. The maximum Gasteiger partial charge on any atom is 0.338 e. The van der Waals surface area contributed by atoms with E-state index in [-0.39, 0.29) is 11.9 Å². The fraction of sp³-hybridized carbons (Fsp3) is 0.385. The number of unbranched alkanes of at least 4 members (excludes halogenated alkanes) is 5. The minimum atomic E-state index is -0.294. The zero-order chi connectivity index (χ0) is 22.3. The fourth-order valence-electron chi connectivity index (χ4n) is 3.06. The molecule has 0 saturated carbocycles. The molecule has 2 aromatic rings. The zero-order valence-corrected chi connectivity index (χ0v) is 18.9. The van der Waals surface area contributed by atoms with E-state index in [9.17, 15) is 9.59 Å². The molecule has 0 radical (unpaired) electrons. The van der Waals surface area contributed by atoms with Crippen LogP contribution in [0.3, 0.4) is 0 Å². The minimum Gasteiger partial charge on any atom is -0.462 e. The maximum absolute atomic E-state index is 11.9. The third kappa shape index (κ3) is 9.84. The Morgan fingerprint density at radius 3 is 2.03 bits per heavy atom. The Hall–Kier alpha value is -2.59. The van der Waals surface area contributed by atoms with Gasteiger partial charge in [0.25, 0.3) is 0 Å². The Morgan fingerprint density at radius 2 is 1.35 bits per heavy atom. The lowest BCUT2D eigenvalue weighted by atomic mass is 10.1. The summed E-state index contributed by atoms with van der Waals surface area (Å²) in [5.74, 6) is -0.568. The minimum absolute atomic E-state index is 0.274. The van der Waals surface area contributed by atoms with Crippen LogP contribution in [0.15, 0.2) is 60.7 Å². The van der Waals surface area contributed by atoms with Gasteiger partial charge in [-0.2, -0.15) is 0 Å². The van der Waals surface area contributed by atoms with E-state index >= 15 is 0 Å². The first-order valence-electron chi connectivity index (χ1n) is 10.9. The smallest absolute Gasteiger partial charge is 0.338 e. The standard InChI is InChI=1S/C26H31ClO4/c1-2-30-25(28)22-14-12-21(13-15-22)11-9-7-5-3-4-6-8-10-20-31-26(29)23-16-18-24(27)19-17-23/h7,9,12-19H,2-6,8,10-11,20H2,1H3/b9-7+. The molecule has 0 unspecified atom stereocenters. The van der Waals surface area contributed by atoms with Crippen LogP contribution in [-0.2, 0) is 15.9 Å². The number of carbonyl (C=O) groups excluding carboxylic acids is 2. The van der Waals surface area contributed by atoms with E-state index < -0.39 is 0 Å². The van der Waals surface area contributed by atoms with Gasteiger partial charge < -0.3 is 9.47 Å². The van der Waals surface area contributed by atoms with Crippen molar-refractivity contribution in [3.8, 4) is 0 Å². The summed E-state index contributed by atoms with van der Waals surface area (Å²) >= 11 is 5.81. The lowest BCUT2D eigenvalue weighted by molar-refractivity contribution is 0.0495. The first-order chi connectivity index (χ1) is 15.1. The molecule has 0 amide bonds. The molecule has 0 spiro atoms. The third-order valence-corrected chi connectivity index (χ3v) is 5.07. The molecule has 166 valence electrons. The average Bonchev–Trinajstić information content (AvgIpc) is 2.78. The van der Waals surface area contributed by atoms with Crippen LogP contribution in [0.1, 0.15) is 71.7 Å². The Balaban J connectivity index is 1.48. The molecule has 2 aromatic carbocycles. The molecule has 0 aliphatic carbocycles. The van der Waals surface area contributed by atoms with Crippen LogP contribution in [0, 0.1) is 0 Å². The van der Waals surface area contributed by atoms with Crippen molar-refractivity contribution in [2.24, 2.45) is 0 Å². The largest absolute Gasteiger partial charge is 0.462 e. The van der Waals surface area contributed by atoms with Crippen molar-refractivity contribution in [3.05, 3.63) is 82.4 Å². The van der Waals surface area contributed by atoms with Gasteiger partial charge in [-0.3, -0.25) is 0 Å². The van der Waals surface area contributed by atoms with Gasteiger partial charge >= 0.3 is 11.9 Å². The maximum atomic E-state index is 11.9. The van der Waals surface area contributed by atoms with Crippen LogP contribution in [-0.4, -0.2) is 25.2 Å². The molecule has 0 fully saturated rings. The summed E-state index contributed by atoms with van der Waals surface area (Å²) in [5.41, 5.74) is 2.30. The molecule has 0 atom stereocenters. The number of benzene rings is 2. The van der Waals surface area contributed by atoms with Crippen LogP contribution < -0.4 is 0 Å². The van der Waals surface area contributed by atoms with Crippen LogP contribution in [0.25, 0.3) is 0 Å². The number of allylic oxidation sites excluding steroid dienone is 2. The summed E-state index contributed by atoms with van der Waals surface area (Å²) in [4.78, 5) is 23.5. The van der Waals surface area contributed by atoms with Crippen LogP contribution >= 0.6 is 11.6 Å². The second-order valence-electron chi connectivity index (χ2n) is 7.29. The average molecular weight is 443 g/mol. The molecule has 31 heavy (non-hydrogen) atoms. The van der Waals surface area contributed by atoms with Crippen molar-refractivity contribution in [3.63, 3.8) is 0 Å². The van der Waals surface area contributed by atoms with Gasteiger partial charge in [0, 0.05) is 5.02 Å². The molecule has 0 bridgehead atoms. The number of hydrogen-bond acceptors (Lipinski definition) is 4. The van der Waals surface area contributed by atoms with Gasteiger partial charge in [0.2, 0.25) is 0 Å². The Kier molecular flexibility index (Phi) is 11.5. The lowest BCUT2D eigenvalue weighted by Gasteiger charge is -2.05. The third-order valence-electron chi connectivity index (χ3n) is 4.81. The quantitative estimate of drug-likeness (QED) is 0.194. The second-order valence-corrected chi connectivity index (χ2v) is 7.73. The van der Waals surface area contributed by atoms with Gasteiger partial charge in [0.15, 0.2) is 0 Å². The van der Waals surface area contributed by atoms with Crippen LogP contribution in [0.4, 0.5) is 0 Å². The number of hydrogen-bond donors (Lipinski definition) is 0. The van der Waals surface area contributed by atoms with Gasteiger partial charge in [0.05, 0.1) is 24.3 Å². The number of ether oxygens (including phenoxy) is 2. The van der Waals surface area contributed by atoms with E-state index in [1.165, 1.54) is 12.0 Å². The number of rotatable bonds is 13. The number of carbonyl (C=O) groups is 2. The highest BCUT2D eigenvalue weighted by molar-refractivity contribution is 6.30.